The Morgan fingerprint density at radius 2 is 1.59 bits per heavy atom. The summed E-state index contributed by atoms with van der Waals surface area (Å²) in [6.45, 7) is 1.75. The van der Waals surface area contributed by atoms with E-state index < -0.39 is 5.91 Å². The Bertz CT molecular complexity index is 829. The van der Waals surface area contributed by atoms with Crippen LogP contribution in [0.4, 0.5) is 11.4 Å². The van der Waals surface area contributed by atoms with Crippen LogP contribution in [0.25, 0.3) is 0 Å². The summed E-state index contributed by atoms with van der Waals surface area (Å²) in [6.07, 6.45) is 0.358. The number of carbonyl (C=O) groups is 2. The molecule has 2 N–H and O–H groups in total. The van der Waals surface area contributed by atoms with Crippen LogP contribution in [0.3, 0.4) is 0 Å². The third-order valence-electron chi connectivity index (χ3n) is 3.75. The molecule has 27 heavy (non-hydrogen) atoms. The van der Waals surface area contributed by atoms with Crippen molar-refractivity contribution in [2.24, 2.45) is 0 Å². The van der Waals surface area contributed by atoms with Crippen LogP contribution >= 0.6 is 11.6 Å². The molecule has 0 radical (unpaired) electrons. The standard InChI is InChI=1S/C19H21ClN2O5/c1-5-17(23)21-12-6-7-14(13(20)10-12)22-19(24)11-8-15(25-2)18(27-4)16(9-11)26-3/h6-10H,5H2,1-4H3,(H,21,23)(H,22,24). The van der Waals surface area contributed by atoms with Gasteiger partial charge in [-0.15, -0.1) is 0 Å². The average molecular weight is 393 g/mol. The molecule has 2 aromatic rings. The first-order chi connectivity index (χ1) is 12.9. The maximum Gasteiger partial charge on any atom is 0.255 e. The largest absolute Gasteiger partial charge is 0.493 e. The van der Waals surface area contributed by atoms with Gasteiger partial charge in [0.2, 0.25) is 11.7 Å². The Labute approximate surface area is 162 Å². The lowest BCUT2D eigenvalue weighted by atomic mass is 10.1. The summed E-state index contributed by atoms with van der Waals surface area (Å²) in [7, 11) is 4.43. The number of amides is 2. The number of halogens is 1. The fourth-order valence-electron chi connectivity index (χ4n) is 2.35. The van der Waals surface area contributed by atoms with Crippen molar-refractivity contribution in [3.8, 4) is 17.2 Å². The van der Waals surface area contributed by atoms with Crippen LogP contribution < -0.4 is 24.8 Å². The van der Waals surface area contributed by atoms with Gasteiger partial charge in [0.25, 0.3) is 5.91 Å². The lowest BCUT2D eigenvalue weighted by Gasteiger charge is -2.14. The third kappa shape index (κ3) is 4.83. The van der Waals surface area contributed by atoms with Gasteiger partial charge in [-0.3, -0.25) is 9.59 Å². The highest BCUT2D eigenvalue weighted by Crippen LogP contribution is 2.38. The summed E-state index contributed by atoms with van der Waals surface area (Å²) in [5.41, 5.74) is 1.27. The molecular formula is C19H21ClN2O5. The molecule has 0 aliphatic carbocycles. The van der Waals surface area contributed by atoms with Crippen LogP contribution in [-0.2, 0) is 4.79 Å². The minimum Gasteiger partial charge on any atom is -0.493 e. The number of benzene rings is 2. The summed E-state index contributed by atoms with van der Waals surface area (Å²) < 4.78 is 15.8. The first-order valence-electron chi connectivity index (χ1n) is 8.14. The highest BCUT2D eigenvalue weighted by Gasteiger charge is 2.18. The van der Waals surface area contributed by atoms with Gasteiger partial charge in [0.05, 0.1) is 32.0 Å². The Morgan fingerprint density at radius 1 is 0.963 bits per heavy atom. The molecule has 0 saturated heterocycles. The number of anilines is 2. The molecule has 0 fully saturated rings. The second kappa shape index (κ2) is 9.14. The zero-order chi connectivity index (χ0) is 20.0. The molecule has 0 spiro atoms. The summed E-state index contributed by atoms with van der Waals surface area (Å²) in [6, 6.07) is 7.93. The molecule has 0 aliphatic heterocycles. The number of hydrogen-bond acceptors (Lipinski definition) is 5. The molecule has 8 heteroatoms. The zero-order valence-electron chi connectivity index (χ0n) is 15.5. The number of carbonyl (C=O) groups excluding carboxylic acids is 2. The molecule has 2 rings (SSSR count). The summed E-state index contributed by atoms with van der Waals surface area (Å²) >= 11 is 6.22. The molecule has 0 aliphatic rings. The number of hydrogen-bond donors (Lipinski definition) is 2. The lowest BCUT2D eigenvalue weighted by molar-refractivity contribution is -0.115. The Balaban J connectivity index is 2.25. The van der Waals surface area contributed by atoms with Crippen LogP contribution in [0.2, 0.25) is 5.02 Å². The van der Waals surface area contributed by atoms with Crippen molar-refractivity contribution in [1.82, 2.24) is 0 Å². The molecule has 0 bridgehead atoms. The first-order valence-corrected chi connectivity index (χ1v) is 8.52. The number of nitrogens with one attached hydrogen (secondary N) is 2. The van der Waals surface area contributed by atoms with Crippen molar-refractivity contribution in [2.45, 2.75) is 13.3 Å². The van der Waals surface area contributed by atoms with Gasteiger partial charge in [0.1, 0.15) is 0 Å². The average Bonchev–Trinajstić information content (AvgIpc) is 2.68. The van der Waals surface area contributed by atoms with E-state index in [1.54, 1.807) is 37.3 Å². The van der Waals surface area contributed by atoms with Crippen molar-refractivity contribution in [3.05, 3.63) is 40.9 Å². The maximum absolute atomic E-state index is 12.6. The molecule has 0 atom stereocenters. The summed E-state index contributed by atoms with van der Waals surface area (Å²) in [5, 5.41) is 5.73. The Hall–Kier alpha value is -2.93. The van der Waals surface area contributed by atoms with Gasteiger partial charge >= 0.3 is 0 Å². The van der Waals surface area contributed by atoms with E-state index in [1.807, 2.05) is 0 Å². The normalized spacial score (nSPS) is 10.1. The molecule has 7 nitrogen and oxygen atoms in total. The number of ether oxygens (including phenoxy) is 3. The van der Waals surface area contributed by atoms with Crippen LogP contribution in [-0.4, -0.2) is 33.1 Å². The summed E-state index contributed by atoms with van der Waals surface area (Å²) in [4.78, 5) is 24.1. The van der Waals surface area contributed by atoms with Gasteiger partial charge in [-0.05, 0) is 30.3 Å². The molecule has 0 aromatic heterocycles. The fraction of sp³-hybridized carbons (Fsp3) is 0.263. The van der Waals surface area contributed by atoms with Crippen molar-refractivity contribution in [1.29, 1.82) is 0 Å². The van der Waals surface area contributed by atoms with Gasteiger partial charge < -0.3 is 24.8 Å². The number of methoxy groups -OCH3 is 3. The van der Waals surface area contributed by atoms with Crippen LogP contribution in [0.15, 0.2) is 30.3 Å². The van der Waals surface area contributed by atoms with Crippen molar-refractivity contribution in [2.75, 3.05) is 32.0 Å². The molecule has 2 aromatic carbocycles. The van der Waals surface area contributed by atoms with Gasteiger partial charge in [0, 0.05) is 17.7 Å². The predicted molar refractivity (Wildman–Crippen MR) is 104 cm³/mol. The van der Waals surface area contributed by atoms with E-state index >= 15 is 0 Å². The second-order valence-electron chi connectivity index (χ2n) is 5.46. The topological polar surface area (TPSA) is 85.9 Å². The highest BCUT2D eigenvalue weighted by atomic mass is 35.5. The lowest BCUT2D eigenvalue weighted by Crippen LogP contribution is -2.13. The molecule has 0 heterocycles. The van der Waals surface area contributed by atoms with Crippen molar-refractivity contribution in [3.63, 3.8) is 0 Å². The SMILES string of the molecule is CCC(=O)Nc1ccc(NC(=O)c2cc(OC)c(OC)c(OC)c2)c(Cl)c1. The molecule has 0 saturated carbocycles. The monoisotopic (exact) mass is 392 g/mol. The van der Waals surface area contributed by atoms with Gasteiger partial charge in [-0.2, -0.15) is 0 Å². The van der Waals surface area contributed by atoms with E-state index in [-0.39, 0.29) is 5.91 Å². The van der Waals surface area contributed by atoms with Crippen LogP contribution in [0.5, 0.6) is 17.2 Å². The van der Waals surface area contributed by atoms with Gasteiger partial charge in [-0.25, -0.2) is 0 Å². The van der Waals surface area contributed by atoms with E-state index in [4.69, 9.17) is 25.8 Å². The molecule has 0 unspecified atom stereocenters. The molecule has 144 valence electrons. The quantitative estimate of drug-likeness (QED) is 0.744. The van der Waals surface area contributed by atoms with Crippen LogP contribution in [0.1, 0.15) is 23.7 Å². The number of rotatable bonds is 7. The highest BCUT2D eigenvalue weighted by molar-refractivity contribution is 6.34. The van der Waals surface area contributed by atoms with Crippen molar-refractivity contribution < 1.29 is 23.8 Å². The molecule has 2 amide bonds. The Kier molecular flexibility index (Phi) is 6.90. The van der Waals surface area contributed by atoms with Crippen molar-refractivity contribution >= 4 is 34.8 Å². The van der Waals surface area contributed by atoms with E-state index in [9.17, 15) is 9.59 Å². The van der Waals surface area contributed by atoms with E-state index in [0.29, 0.717) is 45.6 Å². The smallest absolute Gasteiger partial charge is 0.255 e. The predicted octanol–water partition coefficient (Wildman–Crippen LogP) is 3.97. The fourth-order valence-corrected chi connectivity index (χ4v) is 2.58. The first kappa shape index (κ1) is 20.4. The maximum atomic E-state index is 12.6. The molecular weight excluding hydrogens is 372 g/mol. The minimum atomic E-state index is -0.401. The van der Waals surface area contributed by atoms with E-state index in [0.717, 1.165) is 0 Å². The second-order valence-corrected chi connectivity index (χ2v) is 5.87. The Morgan fingerprint density at radius 3 is 2.07 bits per heavy atom. The third-order valence-corrected chi connectivity index (χ3v) is 4.06. The van der Waals surface area contributed by atoms with E-state index in [1.165, 1.54) is 21.3 Å². The van der Waals surface area contributed by atoms with Gasteiger partial charge in [-0.1, -0.05) is 18.5 Å². The van der Waals surface area contributed by atoms with Gasteiger partial charge in [0.15, 0.2) is 11.5 Å². The van der Waals surface area contributed by atoms with Crippen LogP contribution in [0, 0.1) is 0 Å². The minimum absolute atomic E-state index is 0.125. The zero-order valence-corrected chi connectivity index (χ0v) is 16.3. The van der Waals surface area contributed by atoms with E-state index in [2.05, 4.69) is 10.6 Å². The summed E-state index contributed by atoms with van der Waals surface area (Å²) in [5.74, 6) is 0.601.